The van der Waals surface area contributed by atoms with Crippen LogP contribution in [0.25, 0.3) is 0 Å². The van der Waals surface area contributed by atoms with Gasteiger partial charge in [0.1, 0.15) is 5.82 Å². The Balaban J connectivity index is 1.45. The lowest BCUT2D eigenvalue weighted by molar-refractivity contribution is 0.102. The molecule has 0 aliphatic carbocycles. The zero-order chi connectivity index (χ0) is 19.5. The molecule has 0 bridgehead atoms. The molecule has 1 N–H and O–H groups in total. The van der Waals surface area contributed by atoms with E-state index in [9.17, 15) is 9.59 Å². The molecule has 1 fully saturated rings. The number of pyridine rings is 1. The van der Waals surface area contributed by atoms with E-state index >= 15 is 0 Å². The standard InChI is InChI=1S/C21H17BrN4O2/c22-16-6-4-5-15(13-16)20(27)24-17-9-10-19(23-14-17)26-12-11-25(21(26)28)18-7-2-1-3-8-18/h1-10,13-14H,11-12H2,(H,24,27). The van der Waals surface area contributed by atoms with Crippen LogP contribution in [0.2, 0.25) is 0 Å². The number of rotatable bonds is 4. The molecular formula is C21H17BrN4O2. The molecule has 28 heavy (non-hydrogen) atoms. The molecule has 3 aromatic rings. The van der Waals surface area contributed by atoms with Crippen LogP contribution < -0.4 is 15.1 Å². The van der Waals surface area contributed by atoms with Crippen LogP contribution in [0, 0.1) is 0 Å². The minimum Gasteiger partial charge on any atom is -0.321 e. The van der Waals surface area contributed by atoms with Gasteiger partial charge in [0.25, 0.3) is 5.91 Å². The second kappa shape index (κ2) is 7.82. The summed E-state index contributed by atoms with van der Waals surface area (Å²) in [6, 6.07) is 20.1. The van der Waals surface area contributed by atoms with Crippen LogP contribution in [0.15, 0.2) is 77.4 Å². The molecule has 0 unspecified atom stereocenters. The van der Waals surface area contributed by atoms with E-state index in [2.05, 4.69) is 26.2 Å². The minimum atomic E-state index is -0.219. The predicted molar refractivity (Wildman–Crippen MR) is 113 cm³/mol. The van der Waals surface area contributed by atoms with E-state index < -0.39 is 0 Å². The Morgan fingerprint density at radius 1 is 0.964 bits per heavy atom. The second-order valence-corrected chi connectivity index (χ2v) is 7.21. The summed E-state index contributed by atoms with van der Waals surface area (Å²) in [7, 11) is 0. The topological polar surface area (TPSA) is 65.5 Å². The number of carbonyl (C=O) groups excluding carboxylic acids is 2. The Kier molecular flexibility index (Phi) is 5.08. The van der Waals surface area contributed by atoms with Crippen LogP contribution in [0.3, 0.4) is 0 Å². The molecule has 3 amide bonds. The summed E-state index contributed by atoms with van der Waals surface area (Å²) in [6.07, 6.45) is 1.56. The first-order valence-corrected chi connectivity index (χ1v) is 9.58. The van der Waals surface area contributed by atoms with Gasteiger partial charge in [0.15, 0.2) is 0 Å². The minimum absolute atomic E-state index is 0.107. The Labute approximate surface area is 170 Å². The van der Waals surface area contributed by atoms with E-state index in [1.54, 1.807) is 46.3 Å². The van der Waals surface area contributed by atoms with Gasteiger partial charge in [-0.05, 0) is 42.5 Å². The number of halogens is 1. The molecule has 0 radical (unpaired) electrons. The summed E-state index contributed by atoms with van der Waals surface area (Å²) < 4.78 is 0.837. The van der Waals surface area contributed by atoms with E-state index in [0.717, 1.165) is 10.2 Å². The fourth-order valence-electron chi connectivity index (χ4n) is 3.05. The summed E-state index contributed by atoms with van der Waals surface area (Å²) in [5.41, 5.74) is 1.99. The SMILES string of the molecule is O=C(Nc1ccc(N2CCN(c3ccccc3)C2=O)nc1)c1cccc(Br)c1. The van der Waals surface area contributed by atoms with Crippen molar-refractivity contribution in [1.29, 1.82) is 0 Å². The number of nitrogens with zero attached hydrogens (tertiary/aromatic N) is 3. The maximum absolute atomic E-state index is 12.7. The van der Waals surface area contributed by atoms with E-state index in [1.807, 2.05) is 36.4 Å². The van der Waals surface area contributed by atoms with Crippen molar-refractivity contribution in [2.45, 2.75) is 0 Å². The number of urea groups is 1. The van der Waals surface area contributed by atoms with Gasteiger partial charge >= 0.3 is 6.03 Å². The summed E-state index contributed by atoms with van der Waals surface area (Å²) in [5.74, 6) is 0.340. The van der Waals surface area contributed by atoms with Crippen LogP contribution in [0.4, 0.5) is 22.0 Å². The summed E-state index contributed by atoms with van der Waals surface area (Å²) in [4.78, 5) is 32.8. The van der Waals surface area contributed by atoms with Crippen molar-refractivity contribution in [2.24, 2.45) is 0 Å². The molecule has 1 aromatic heterocycles. The van der Waals surface area contributed by atoms with Crippen molar-refractivity contribution < 1.29 is 9.59 Å². The van der Waals surface area contributed by atoms with Crippen molar-refractivity contribution >= 4 is 45.1 Å². The highest BCUT2D eigenvalue weighted by atomic mass is 79.9. The van der Waals surface area contributed by atoms with Crippen LogP contribution in [-0.2, 0) is 0 Å². The van der Waals surface area contributed by atoms with Gasteiger partial charge in [0, 0.05) is 28.8 Å². The molecule has 0 spiro atoms. The van der Waals surface area contributed by atoms with Crippen LogP contribution in [0.5, 0.6) is 0 Å². The third-order valence-corrected chi connectivity index (χ3v) is 4.94. The number of nitrogens with one attached hydrogen (secondary N) is 1. The first kappa shape index (κ1) is 18.2. The summed E-state index contributed by atoms with van der Waals surface area (Å²) in [5, 5.41) is 2.81. The Morgan fingerprint density at radius 3 is 2.46 bits per heavy atom. The van der Waals surface area contributed by atoms with Crippen LogP contribution >= 0.6 is 15.9 Å². The molecule has 140 valence electrons. The number of carbonyl (C=O) groups is 2. The zero-order valence-corrected chi connectivity index (χ0v) is 16.5. The highest BCUT2D eigenvalue weighted by Gasteiger charge is 2.31. The normalized spacial score (nSPS) is 13.7. The average molecular weight is 437 g/mol. The first-order chi connectivity index (χ1) is 13.6. The van der Waals surface area contributed by atoms with Crippen molar-refractivity contribution in [1.82, 2.24) is 4.98 Å². The fraction of sp³-hybridized carbons (Fsp3) is 0.0952. The van der Waals surface area contributed by atoms with Gasteiger partial charge in [-0.2, -0.15) is 0 Å². The third kappa shape index (κ3) is 3.75. The predicted octanol–water partition coefficient (Wildman–Crippen LogP) is 4.54. The molecule has 6 nitrogen and oxygen atoms in total. The molecule has 0 saturated carbocycles. The number of aromatic nitrogens is 1. The van der Waals surface area contributed by atoms with Gasteiger partial charge in [0.05, 0.1) is 11.9 Å². The molecule has 1 aliphatic rings. The Morgan fingerprint density at radius 2 is 1.75 bits per heavy atom. The molecule has 2 aromatic carbocycles. The number of hydrogen-bond acceptors (Lipinski definition) is 3. The summed E-state index contributed by atoms with van der Waals surface area (Å²) in [6.45, 7) is 1.16. The highest BCUT2D eigenvalue weighted by Crippen LogP contribution is 2.24. The van der Waals surface area contributed by atoms with Gasteiger partial charge < -0.3 is 5.32 Å². The smallest absolute Gasteiger partial charge is 0.321 e. The fourth-order valence-corrected chi connectivity index (χ4v) is 3.45. The zero-order valence-electron chi connectivity index (χ0n) is 14.9. The van der Waals surface area contributed by atoms with E-state index in [-0.39, 0.29) is 11.9 Å². The number of amides is 3. The maximum atomic E-state index is 12.7. The number of hydrogen-bond donors (Lipinski definition) is 1. The number of anilines is 3. The van der Waals surface area contributed by atoms with Gasteiger partial charge in [-0.3, -0.25) is 14.6 Å². The van der Waals surface area contributed by atoms with E-state index in [1.165, 1.54) is 0 Å². The highest BCUT2D eigenvalue weighted by molar-refractivity contribution is 9.10. The number of benzene rings is 2. The van der Waals surface area contributed by atoms with E-state index in [0.29, 0.717) is 30.2 Å². The van der Waals surface area contributed by atoms with Crippen molar-refractivity contribution in [3.05, 3.63) is 83.0 Å². The molecule has 1 saturated heterocycles. The van der Waals surface area contributed by atoms with Crippen LogP contribution in [0.1, 0.15) is 10.4 Å². The van der Waals surface area contributed by atoms with Crippen molar-refractivity contribution in [3.8, 4) is 0 Å². The van der Waals surface area contributed by atoms with Gasteiger partial charge in [-0.15, -0.1) is 0 Å². The Bertz CT molecular complexity index is 1010. The molecule has 0 atom stereocenters. The van der Waals surface area contributed by atoms with Crippen molar-refractivity contribution in [3.63, 3.8) is 0 Å². The second-order valence-electron chi connectivity index (χ2n) is 6.29. The van der Waals surface area contributed by atoms with Crippen LogP contribution in [-0.4, -0.2) is 30.0 Å². The average Bonchev–Trinajstić information content (AvgIpc) is 3.10. The lowest BCUT2D eigenvalue weighted by Gasteiger charge is -2.18. The van der Waals surface area contributed by atoms with Gasteiger partial charge in [-0.25, -0.2) is 9.78 Å². The molecule has 4 rings (SSSR count). The van der Waals surface area contributed by atoms with Gasteiger partial charge in [-0.1, -0.05) is 40.2 Å². The molecule has 2 heterocycles. The monoisotopic (exact) mass is 436 g/mol. The molecular weight excluding hydrogens is 420 g/mol. The summed E-state index contributed by atoms with van der Waals surface area (Å²) >= 11 is 3.36. The molecule has 7 heteroatoms. The third-order valence-electron chi connectivity index (χ3n) is 4.45. The maximum Gasteiger partial charge on any atom is 0.330 e. The number of para-hydroxylation sites is 1. The molecule has 1 aliphatic heterocycles. The Hall–Kier alpha value is -3.19. The lowest BCUT2D eigenvalue weighted by atomic mass is 10.2. The first-order valence-electron chi connectivity index (χ1n) is 8.79. The largest absolute Gasteiger partial charge is 0.330 e. The van der Waals surface area contributed by atoms with E-state index in [4.69, 9.17) is 0 Å². The quantitative estimate of drug-likeness (QED) is 0.652. The van der Waals surface area contributed by atoms with Crippen molar-refractivity contribution in [2.75, 3.05) is 28.2 Å². The lowest BCUT2D eigenvalue weighted by Crippen LogP contribution is -2.32. The van der Waals surface area contributed by atoms with Gasteiger partial charge in [0.2, 0.25) is 0 Å².